The number of ether oxygens (including phenoxy) is 3. The minimum Gasteiger partial charge on any atom is -0.458 e. The summed E-state index contributed by atoms with van der Waals surface area (Å²) in [6.45, 7) is -2.45. The van der Waals surface area contributed by atoms with Crippen molar-refractivity contribution in [2.45, 2.75) is 113 Å². The van der Waals surface area contributed by atoms with Crippen LogP contribution < -0.4 is 48.5 Å². The van der Waals surface area contributed by atoms with Gasteiger partial charge in [0.2, 0.25) is 41.4 Å². The van der Waals surface area contributed by atoms with E-state index in [0.29, 0.717) is 44.5 Å². The fraction of sp³-hybridized carbons (Fsp3) is 0.472. The second-order valence-electron chi connectivity index (χ2n) is 20.0. The van der Waals surface area contributed by atoms with Crippen LogP contribution >= 0.6 is 0 Å². The van der Waals surface area contributed by atoms with Gasteiger partial charge in [0.15, 0.2) is 5.60 Å². The Morgan fingerprint density at radius 2 is 1.56 bits per heavy atom. The number of rotatable bonds is 23. The van der Waals surface area contributed by atoms with E-state index in [1.165, 1.54) is 16.7 Å². The number of hydrogen-bond donors (Lipinski definition) is 13. The topological polar surface area (TPSA) is 411 Å². The third-order valence-corrected chi connectivity index (χ3v) is 14.7. The number of esters is 1. The number of carbonyl (C=O) groups excluding carboxylic acids is 8. The minimum atomic E-state index is -2.05. The molecule has 8 rings (SSSR count). The fourth-order valence-corrected chi connectivity index (χ4v) is 10.2. The van der Waals surface area contributed by atoms with Crippen molar-refractivity contribution in [1.29, 1.82) is 0 Å². The van der Waals surface area contributed by atoms with E-state index in [1.54, 1.807) is 43.3 Å². The molecule has 434 valence electrons. The first kappa shape index (κ1) is 59.3. The largest absolute Gasteiger partial charge is 0.458 e. The molecule has 4 aliphatic rings. The summed E-state index contributed by atoms with van der Waals surface area (Å²) < 4.78 is 32.8. The van der Waals surface area contributed by atoms with E-state index in [-0.39, 0.29) is 69.3 Å². The second kappa shape index (κ2) is 25.7. The number of amides is 7. The highest BCUT2D eigenvalue weighted by atomic mass is 19.1. The molecule has 28 heteroatoms. The van der Waals surface area contributed by atoms with Gasteiger partial charge in [0.05, 0.1) is 67.3 Å². The molecule has 0 unspecified atom stereocenters. The first-order chi connectivity index (χ1) is 38.7. The molecule has 1 saturated heterocycles. The Balaban J connectivity index is 0.776. The van der Waals surface area contributed by atoms with Gasteiger partial charge in [-0.2, -0.15) is 0 Å². The molecule has 7 amide bonds. The highest BCUT2D eigenvalue weighted by Crippen LogP contribution is 2.45. The number of aromatic nitrogens is 2. The number of aliphatic hydroxyl groups is 5. The summed E-state index contributed by atoms with van der Waals surface area (Å²) in [5.74, 6) is -6.40. The Kier molecular flexibility index (Phi) is 18.8. The lowest BCUT2D eigenvalue weighted by Gasteiger charge is -2.40. The van der Waals surface area contributed by atoms with Crippen LogP contribution in [0.5, 0.6) is 0 Å². The SMILES string of the molecule is CC[C@@]1(O)C(=O)OCc2c1cc1n(c2=O)Cc2c-1nc1ccc(F)c3c1c2[C@@H](NC(=O)COCNC(=O)CNC(=O)[C@H](Cc1ccccc1)NC(=O)CNC(=O)CNC(=O)[C@@H](N)CCC(=O)NC[C@@H]1O[C@H](CO)[C@@H](O)[C@H](O)[C@H]1O)CC3. The van der Waals surface area contributed by atoms with Crippen molar-refractivity contribution in [3.8, 4) is 11.4 Å². The van der Waals surface area contributed by atoms with Gasteiger partial charge in [-0.05, 0) is 60.6 Å². The van der Waals surface area contributed by atoms with Crippen LogP contribution in [0.2, 0.25) is 0 Å². The highest BCUT2D eigenvalue weighted by molar-refractivity contribution is 5.95. The lowest BCUT2D eigenvalue weighted by Crippen LogP contribution is -2.60. The lowest BCUT2D eigenvalue weighted by molar-refractivity contribution is -0.227. The fourth-order valence-electron chi connectivity index (χ4n) is 10.2. The molecular formula is C53H63FN10O17. The number of benzene rings is 2. The number of nitrogens with two attached hydrogens (primary N) is 1. The maximum atomic E-state index is 15.3. The van der Waals surface area contributed by atoms with Crippen LogP contribution in [0.4, 0.5) is 4.39 Å². The molecule has 0 radical (unpaired) electrons. The van der Waals surface area contributed by atoms with Gasteiger partial charge in [-0.3, -0.25) is 38.4 Å². The van der Waals surface area contributed by atoms with Crippen LogP contribution in [0.25, 0.3) is 22.3 Å². The minimum absolute atomic E-state index is 0.00643. The zero-order valence-electron chi connectivity index (χ0n) is 43.8. The van der Waals surface area contributed by atoms with Crippen LogP contribution in [0.15, 0.2) is 53.3 Å². The van der Waals surface area contributed by atoms with Crippen molar-refractivity contribution in [2.75, 3.05) is 46.1 Å². The summed E-state index contributed by atoms with van der Waals surface area (Å²) in [6, 6.07) is 9.80. The summed E-state index contributed by atoms with van der Waals surface area (Å²) in [5.41, 5.74) is 6.87. The molecular weight excluding hydrogens is 1070 g/mol. The van der Waals surface area contributed by atoms with Gasteiger partial charge in [0, 0.05) is 35.9 Å². The number of fused-ring (bicyclic) bond motifs is 5. The highest BCUT2D eigenvalue weighted by Gasteiger charge is 2.47. The first-order valence-electron chi connectivity index (χ1n) is 26.2. The first-order valence-corrected chi connectivity index (χ1v) is 26.2. The molecule has 81 heavy (non-hydrogen) atoms. The molecule has 1 fully saturated rings. The Morgan fingerprint density at radius 1 is 0.852 bits per heavy atom. The number of nitrogens with one attached hydrogen (secondary N) is 7. The number of nitrogens with zero attached hydrogens (tertiary/aromatic N) is 2. The molecule has 27 nitrogen and oxygen atoms in total. The Bertz CT molecular complexity index is 3160. The molecule has 0 spiro atoms. The van der Waals surface area contributed by atoms with Crippen molar-refractivity contribution >= 4 is 58.2 Å². The van der Waals surface area contributed by atoms with E-state index in [9.17, 15) is 68.7 Å². The van der Waals surface area contributed by atoms with Gasteiger partial charge in [-0.15, -0.1) is 0 Å². The van der Waals surface area contributed by atoms with E-state index in [0.717, 1.165) is 0 Å². The number of pyridine rings is 2. The summed E-state index contributed by atoms with van der Waals surface area (Å²) in [4.78, 5) is 122. The predicted octanol–water partition coefficient (Wildman–Crippen LogP) is -4.45. The van der Waals surface area contributed by atoms with Gasteiger partial charge in [-0.25, -0.2) is 14.2 Å². The molecule has 9 atom stereocenters. The van der Waals surface area contributed by atoms with Crippen molar-refractivity contribution < 1.29 is 82.5 Å². The monoisotopic (exact) mass is 1130 g/mol. The third-order valence-electron chi connectivity index (χ3n) is 14.7. The zero-order chi connectivity index (χ0) is 58.3. The van der Waals surface area contributed by atoms with Crippen molar-refractivity contribution in [1.82, 2.24) is 46.8 Å². The summed E-state index contributed by atoms with van der Waals surface area (Å²) >= 11 is 0. The molecule has 4 aromatic rings. The lowest BCUT2D eigenvalue weighted by atomic mass is 9.83. The van der Waals surface area contributed by atoms with Crippen molar-refractivity contribution in [3.63, 3.8) is 0 Å². The third kappa shape index (κ3) is 13.2. The van der Waals surface area contributed by atoms with E-state index in [4.69, 9.17) is 24.9 Å². The average Bonchev–Trinajstić information content (AvgIpc) is 2.58. The number of aryl methyl sites for hydroxylation is 1. The van der Waals surface area contributed by atoms with E-state index in [2.05, 4.69) is 37.2 Å². The molecule has 5 heterocycles. The zero-order valence-corrected chi connectivity index (χ0v) is 43.8. The maximum absolute atomic E-state index is 15.3. The van der Waals surface area contributed by atoms with Crippen LogP contribution in [0.3, 0.4) is 0 Å². The van der Waals surface area contributed by atoms with Crippen LogP contribution in [-0.2, 0) is 84.2 Å². The van der Waals surface area contributed by atoms with Crippen LogP contribution in [-0.4, -0.2) is 171 Å². The Labute approximate surface area is 460 Å². The summed E-state index contributed by atoms with van der Waals surface area (Å²) in [5, 5.41) is 68.6. The summed E-state index contributed by atoms with van der Waals surface area (Å²) in [7, 11) is 0. The number of cyclic esters (lactones) is 1. The van der Waals surface area contributed by atoms with Crippen LogP contribution in [0.1, 0.15) is 72.0 Å². The van der Waals surface area contributed by atoms with Crippen molar-refractivity contribution in [2.24, 2.45) is 5.73 Å². The smallest absolute Gasteiger partial charge is 0.343 e. The molecule has 2 aromatic carbocycles. The van der Waals surface area contributed by atoms with Crippen LogP contribution in [0, 0.1) is 5.82 Å². The predicted molar refractivity (Wildman–Crippen MR) is 278 cm³/mol. The molecule has 2 aromatic heterocycles. The number of carbonyl (C=O) groups is 8. The molecule has 14 N–H and O–H groups in total. The quantitative estimate of drug-likeness (QED) is 0.0167. The second-order valence-corrected chi connectivity index (χ2v) is 20.0. The van der Waals surface area contributed by atoms with E-state index < -0.39 is 153 Å². The van der Waals surface area contributed by atoms with Crippen molar-refractivity contribution in [3.05, 3.63) is 98.1 Å². The molecule has 0 saturated carbocycles. The Hall–Kier alpha value is -7.83. The van der Waals surface area contributed by atoms with E-state index in [1.807, 2.05) is 0 Å². The summed E-state index contributed by atoms with van der Waals surface area (Å²) in [6.07, 6.45) is -7.03. The molecule has 0 bridgehead atoms. The number of hydrogen-bond acceptors (Lipinski definition) is 19. The van der Waals surface area contributed by atoms with Gasteiger partial charge < -0.3 is 87.3 Å². The average molecular weight is 1130 g/mol. The Morgan fingerprint density at radius 3 is 2.28 bits per heavy atom. The van der Waals surface area contributed by atoms with Gasteiger partial charge in [0.25, 0.3) is 5.56 Å². The normalized spacial score (nSPS) is 22.1. The van der Waals surface area contributed by atoms with Gasteiger partial charge in [-0.1, -0.05) is 37.3 Å². The van der Waals surface area contributed by atoms with Gasteiger partial charge >= 0.3 is 5.97 Å². The number of aliphatic hydroxyl groups excluding tert-OH is 4. The molecule has 1 aliphatic carbocycles. The van der Waals surface area contributed by atoms with Gasteiger partial charge in [0.1, 0.15) is 62.3 Å². The maximum Gasteiger partial charge on any atom is 0.343 e. The molecule has 3 aliphatic heterocycles. The number of halogens is 1. The standard InChI is InChI=1S/C53H63FN10O17/c1-2-53(78)29-15-35-45-27(20-64(35)51(76)28(29)22-80-52(53)77)44-32(11-8-26-30(54)9-12-33(63-45)43(26)44)61-42(70)23-79-24-60-40(68)18-59-50(75)34(14-25-6-4-3-5-7-25)62-41(69)19-57-39(67)17-58-49(74)31(55)10-13-38(66)56-16-36-46(71)48(73)47(72)37(21-65)81-36/h3-7,9,12,15,31-32,34,36-37,46-48,65,71-73,78H,2,8,10-11,13-14,16-24,55H2,1H3,(H,56,66)(H,57,67)(H,58,74)(H,59,75)(H,60,68)(H,61,70)(H,62,69)/t31-,32-,34-,36-,37+,46-,47+,48+,53-/m0/s1. The van der Waals surface area contributed by atoms with E-state index >= 15 is 4.39 Å².